The Morgan fingerprint density at radius 3 is 2.36 bits per heavy atom. The second kappa shape index (κ2) is 6.98. The molecule has 2 aromatic carbocycles. The highest BCUT2D eigenvalue weighted by Gasteiger charge is 2.31. The van der Waals surface area contributed by atoms with Gasteiger partial charge in [0.25, 0.3) is 0 Å². The summed E-state index contributed by atoms with van der Waals surface area (Å²) < 4.78 is 38.6. The van der Waals surface area contributed by atoms with Gasteiger partial charge < -0.3 is 5.73 Å². The van der Waals surface area contributed by atoms with Gasteiger partial charge in [-0.2, -0.15) is 13.2 Å². The largest absolute Gasteiger partial charge is 0.416 e. The molecule has 2 N–H and O–H groups in total. The molecule has 0 aliphatic carbocycles. The molecule has 6 heteroatoms. The molecule has 0 radical (unpaired) electrons. The minimum atomic E-state index is -4.48. The maximum Gasteiger partial charge on any atom is 0.416 e. The summed E-state index contributed by atoms with van der Waals surface area (Å²) in [6.07, 6.45) is -4.48. The van der Waals surface area contributed by atoms with E-state index in [1.807, 2.05) is 0 Å². The van der Waals surface area contributed by atoms with E-state index in [1.54, 1.807) is 30.3 Å². The molecule has 2 rings (SSSR count). The van der Waals surface area contributed by atoms with Crippen LogP contribution in [0.1, 0.15) is 21.5 Å². The lowest BCUT2D eigenvalue weighted by atomic mass is 10.0. The molecule has 0 aromatic heterocycles. The van der Waals surface area contributed by atoms with E-state index >= 15 is 0 Å². The van der Waals surface area contributed by atoms with E-state index in [-0.39, 0.29) is 5.56 Å². The third kappa shape index (κ3) is 3.90. The van der Waals surface area contributed by atoms with Gasteiger partial charge >= 0.3 is 6.18 Å². The number of hydrogen-bond donors (Lipinski definition) is 1. The summed E-state index contributed by atoms with van der Waals surface area (Å²) in [4.78, 5) is 13.0. The molecule has 0 amide bonds. The van der Waals surface area contributed by atoms with Crippen molar-refractivity contribution in [3.8, 4) is 0 Å². The van der Waals surface area contributed by atoms with Gasteiger partial charge in [0.05, 0.1) is 5.56 Å². The Labute approximate surface area is 130 Å². The zero-order chi connectivity index (χ0) is 16.2. The Morgan fingerprint density at radius 1 is 1.09 bits per heavy atom. The molecule has 116 valence electrons. The van der Waals surface area contributed by atoms with Crippen molar-refractivity contribution in [3.05, 3.63) is 65.2 Å². The number of benzene rings is 2. The third-order valence-electron chi connectivity index (χ3n) is 2.96. The van der Waals surface area contributed by atoms with E-state index < -0.39 is 17.5 Å². The average Bonchev–Trinajstić information content (AvgIpc) is 2.52. The van der Waals surface area contributed by atoms with Crippen molar-refractivity contribution < 1.29 is 18.0 Å². The first-order chi connectivity index (χ1) is 10.4. The molecule has 2 nitrogen and oxygen atoms in total. The van der Waals surface area contributed by atoms with Crippen LogP contribution in [0, 0.1) is 0 Å². The van der Waals surface area contributed by atoms with Crippen LogP contribution < -0.4 is 5.73 Å². The highest BCUT2D eigenvalue weighted by atomic mass is 32.2. The van der Waals surface area contributed by atoms with Crippen LogP contribution in [-0.4, -0.2) is 18.1 Å². The number of hydrogen-bond acceptors (Lipinski definition) is 3. The summed E-state index contributed by atoms with van der Waals surface area (Å²) in [7, 11) is 0. The highest BCUT2D eigenvalue weighted by molar-refractivity contribution is 7.99. The summed E-state index contributed by atoms with van der Waals surface area (Å²) in [6.45, 7) is 0.380. The van der Waals surface area contributed by atoms with E-state index in [2.05, 4.69) is 0 Å². The smallest absolute Gasteiger partial charge is 0.330 e. The second-order valence-corrected chi connectivity index (χ2v) is 5.68. The molecule has 0 spiro atoms. The van der Waals surface area contributed by atoms with Crippen LogP contribution in [0.25, 0.3) is 0 Å². The Bertz CT molecular complexity index is 656. The van der Waals surface area contributed by atoms with Crippen LogP contribution in [0.4, 0.5) is 13.2 Å². The minimum Gasteiger partial charge on any atom is -0.330 e. The molecule has 0 bridgehead atoms. The van der Waals surface area contributed by atoms with Crippen molar-refractivity contribution in [3.63, 3.8) is 0 Å². The SMILES string of the molecule is NCCSc1ccc(C(F)(F)F)cc1C(=O)c1ccccc1. The number of carbonyl (C=O) groups excluding carboxylic acids is 1. The summed E-state index contributed by atoms with van der Waals surface area (Å²) in [6, 6.07) is 11.5. The summed E-state index contributed by atoms with van der Waals surface area (Å²) in [5, 5.41) is 0. The zero-order valence-electron chi connectivity index (χ0n) is 11.6. The normalized spacial score (nSPS) is 11.5. The molecule has 0 atom stereocenters. The fourth-order valence-electron chi connectivity index (χ4n) is 1.92. The molecule has 0 heterocycles. The van der Waals surface area contributed by atoms with Gasteiger partial charge in [0.2, 0.25) is 0 Å². The van der Waals surface area contributed by atoms with Gasteiger partial charge in [-0.25, -0.2) is 0 Å². The van der Waals surface area contributed by atoms with E-state index in [0.29, 0.717) is 22.8 Å². The van der Waals surface area contributed by atoms with Crippen molar-refractivity contribution in [1.82, 2.24) is 0 Å². The Balaban J connectivity index is 2.47. The number of nitrogens with two attached hydrogens (primary N) is 1. The molecule has 22 heavy (non-hydrogen) atoms. The van der Waals surface area contributed by atoms with E-state index in [1.165, 1.54) is 17.8 Å². The zero-order valence-corrected chi connectivity index (χ0v) is 12.4. The summed E-state index contributed by atoms with van der Waals surface area (Å²) >= 11 is 1.28. The Morgan fingerprint density at radius 2 is 1.77 bits per heavy atom. The minimum absolute atomic E-state index is 0.0551. The van der Waals surface area contributed by atoms with Gasteiger partial charge in [-0.1, -0.05) is 30.3 Å². The Kier molecular flexibility index (Phi) is 5.26. The first kappa shape index (κ1) is 16.6. The first-order valence-electron chi connectivity index (χ1n) is 6.57. The van der Waals surface area contributed by atoms with Gasteiger partial charge in [0.15, 0.2) is 5.78 Å². The maximum atomic E-state index is 12.9. The predicted octanol–water partition coefficient (Wildman–Crippen LogP) is 3.99. The summed E-state index contributed by atoms with van der Waals surface area (Å²) in [5.74, 6) is 0.103. The molecule has 0 aliphatic rings. The van der Waals surface area contributed by atoms with Gasteiger partial charge in [0, 0.05) is 28.3 Å². The molecule has 0 unspecified atom stereocenters. The lowest BCUT2D eigenvalue weighted by molar-refractivity contribution is -0.137. The van der Waals surface area contributed by atoms with Crippen LogP contribution in [0.5, 0.6) is 0 Å². The van der Waals surface area contributed by atoms with Crippen molar-refractivity contribution in [2.45, 2.75) is 11.1 Å². The maximum absolute atomic E-state index is 12.9. The highest BCUT2D eigenvalue weighted by Crippen LogP contribution is 2.34. The number of rotatable bonds is 5. The molecule has 0 saturated heterocycles. The lowest BCUT2D eigenvalue weighted by Gasteiger charge is -2.12. The molecule has 0 aliphatic heterocycles. The standard InChI is InChI=1S/C16H14F3NOS/c17-16(18,19)12-6-7-14(22-9-8-20)13(10-12)15(21)11-4-2-1-3-5-11/h1-7,10H,8-9,20H2. The fourth-order valence-corrected chi connectivity index (χ4v) is 2.73. The lowest BCUT2D eigenvalue weighted by Crippen LogP contribution is -2.10. The number of thioether (sulfide) groups is 1. The van der Waals surface area contributed by atoms with Crippen molar-refractivity contribution >= 4 is 17.5 Å². The topological polar surface area (TPSA) is 43.1 Å². The second-order valence-electron chi connectivity index (χ2n) is 4.54. The van der Waals surface area contributed by atoms with Gasteiger partial charge in [-0.3, -0.25) is 4.79 Å². The van der Waals surface area contributed by atoms with Gasteiger partial charge in [-0.05, 0) is 18.2 Å². The molecular formula is C16H14F3NOS. The van der Waals surface area contributed by atoms with Gasteiger partial charge in [0.1, 0.15) is 0 Å². The molecule has 2 aromatic rings. The van der Waals surface area contributed by atoms with Crippen LogP contribution in [0.3, 0.4) is 0 Å². The van der Waals surface area contributed by atoms with E-state index in [0.717, 1.165) is 12.1 Å². The predicted molar refractivity (Wildman–Crippen MR) is 81.1 cm³/mol. The van der Waals surface area contributed by atoms with Gasteiger partial charge in [-0.15, -0.1) is 11.8 Å². The van der Waals surface area contributed by atoms with Crippen LogP contribution in [0.15, 0.2) is 53.4 Å². The fraction of sp³-hybridized carbons (Fsp3) is 0.188. The van der Waals surface area contributed by atoms with Crippen LogP contribution in [-0.2, 0) is 6.18 Å². The molecular weight excluding hydrogens is 311 g/mol. The van der Waals surface area contributed by atoms with E-state index in [4.69, 9.17) is 5.73 Å². The third-order valence-corrected chi connectivity index (χ3v) is 4.07. The monoisotopic (exact) mass is 325 g/mol. The quantitative estimate of drug-likeness (QED) is 0.668. The van der Waals surface area contributed by atoms with Crippen molar-refractivity contribution in [2.75, 3.05) is 12.3 Å². The molecule has 0 saturated carbocycles. The molecule has 0 fully saturated rings. The number of carbonyl (C=O) groups is 1. The summed E-state index contributed by atoms with van der Waals surface area (Å²) in [5.41, 5.74) is 5.01. The number of halogens is 3. The van der Waals surface area contributed by atoms with E-state index in [9.17, 15) is 18.0 Å². The average molecular weight is 325 g/mol. The Hall–Kier alpha value is -1.79. The first-order valence-corrected chi connectivity index (χ1v) is 7.56. The number of alkyl halides is 3. The van der Waals surface area contributed by atoms with Crippen molar-refractivity contribution in [1.29, 1.82) is 0 Å². The van der Waals surface area contributed by atoms with Crippen LogP contribution in [0.2, 0.25) is 0 Å². The van der Waals surface area contributed by atoms with Crippen LogP contribution >= 0.6 is 11.8 Å². The van der Waals surface area contributed by atoms with Crippen molar-refractivity contribution in [2.24, 2.45) is 5.73 Å². The number of ketones is 1.